The molecule has 3 nitrogen and oxygen atoms in total. The van der Waals surface area contributed by atoms with Crippen LogP contribution in [0.4, 0.5) is 4.39 Å². The number of nitrogens with zero attached hydrogens (tertiary/aromatic N) is 2. The fourth-order valence-electron chi connectivity index (χ4n) is 4.88. The summed E-state index contributed by atoms with van der Waals surface area (Å²) in [5, 5.41) is 3.61. The highest BCUT2D eigenvalue weighted by atomic mass is 79.9. The largest absolute Gasteiger partial charge is 0.356 e. The van der Waals surface area contributed by atoms with E-state index in [1.165, 1.54) is 17.7 Å². The molecule has 1 N–H and O–H groups in total. The molecule has 0 radical (unpaired) electrons. The molecule has 0 saturated carbocycles. The van der Waals surface area contributed by atoms with Crippen LogP contribution in [0.25, 0.3) is 0 Å². The lowest BCUT2D eigenvalue weighted by atomic mass is 9.79. The predicted molar refractivity (Wildman–Crippen MR) is 150 cm³/mol. The highest BCUT2D eigenvalue weighted by molar-refractivity contribution is 9.11. The summed E-state index contributed by atoms with van der Waals surface area (Å²) in [5.74, 6) is 1.92. The van der Waals surface area contributed by atoms with Crippen LogP contribution in [0.15, 0.2) is 86.7 Å². The Balaban J connectivity index is 1.49. The molecule has 0 bridgehead atoms. The van der Waals surface area contributed by atoms with E-state index in [9.17, 15) is 4.39 Å². The first kappa shape index (κ1) is 25.9. The van der Waals surface area contributed by atoms with Crippen LogP contribution < -0.4 is 5.32 Å². The number of nitrogens with one attached hydrogen (secondary N) is 1. The van der Waals surface area contributed by atoms with E-state index in [1.807, 2.05) is 18.2 Å². The van der Waals surface area contributed by atoms with Crippen LogP contribution in [0.5, 0.6) is 0 Å². The summed E-state index contributed by atoms with van der Waals surface area (Å²) >= 11 is 7.17. The molecule has 184 valence electrons. The summed E-state index contributed by atoms with van der Waals surface area (Å²) in [6, 6.07) is 23.9. The van der Waals surface area contributed by atoms with Crippen LogP contribution in [-0.4, -0.2) is 30.5 Å². The molecule has 3 aromatic carbocycles. The summed E-state index contributed by atoms with van der Waals surface area (Å²) in [7, 11) is 0. The summed E-state index contributed by atoms with van der Waals surface area (Å²) in [6.45, 7) is 5.61. The van der Waals surface area contributed by atoms with Crippen molar-refractivity contribution >= 4 is 37.8 Å². The number of guanidine groups is 1. The normalized spacial score (nSPS) is 18.5. The SMILES string of the molecule is CCC1CN(C(=NCc2cc(Br)cc(Br)c2)NCCc2ccc(F)cc2)CCC1c1ccccc1. The van der Waals surface area contributed by atoms with E-state index in [1.54, 1.807) is 0 Å². The molecule has 1 aliphatic rings. The number of rotatable bonds is 7. The number of aliphatic imine (C=N–C) groups is 1. The topological polar surface area (TPSA) is 27.6 Å². The van der Waals surface area contributed by atoms with Gasteiger partial charge < -0.3 is 10.2 Å². The average molecular weight is 601 g/mol. The Morgan fingerprint density at radius 3 is 2.40 bits per heavy atom. The van der Waals surface area contributed by atoms with Crippen LogP contribution in [0.3, 0.4) is 0 Å². The second-order valence-electron chi connectivity index (χ2n) is 9.14. The Morgan fingerprint density at radius 1 is 1.00 bits per heavy atom. The molecule has 2 atom stereocenters. The number of halogens is 3. The van der Waals surface area contributed by atoms with Crippen molar-refractivity contribution in [2.75, 3.05) is 19.6 Å². The van der Waals surface area contributed by atoms with Crippen LogP contribution in [0.2, 0.25) is 0 Å². The molecule has 1 fully saturated rings. The van der Waals surface area contributed by atoms with Gasteiger partial charge in [0.1, 0.15) is 5.82 Å². The lowest BCUT2D eigenvalue weighted by Gasteiger charge is -2.40. The molecule has 4 rings (SSSR count). The minimum absolute atomic E-state index is 0.198. The lowest BCUT2D eigenvalue weighted by Crippen LogP contribution is -2.49. The van der Waals surface area contributed by atoms with Gasteiger partial charge in [0.05, 0.1) is 6.54 Å². The zero-order chi connectivity index (χ0) is 24.6. The predicted octanol–water partition coefficient (Wildman–Crippen LogP) is 7.55. The van der Waals surface area contributed by atoms with Crippen LogP contribution in [0.1, 0.15) is 42.4 Å². The quantitative estimate of drug-likeness (QED) is 0.224. The molecule has 0 amide bonds. The minimum Gasteiger partial charge on any atom is -0.356 e. The van der Waals surface area contributed by atoms with Gasteiger partial charge >= 0.3 is 0 Å². The van der Waals surface area contributed by atoms with E-state index >= 15 is 0 Å². The molecule has 1 saturated heterocycles. The van der Waals surface area contributed by atoms with Crippen molar-refractivity contribution in [1.82, 2.24) is 10.2 Å². The molecular weight excluding hydrogens is 569 g/mol. The van der Waals surface area contributed by atoms with Crippen molar-refractivity contribution in [2.24, 2.45) is 10.9 Å². The van der Waals surface area contributed by atoms with E-state index < -0.39 is 0 Å². The first-order chi connectivity index (χ1) is 17.0. The van der Waals surface area contributed by atoms with Gasteiger partial charge in [-0.1, -0.05) is 87.7 Å². The number of piperidine rings is 1. The van der Waals surface area contributed by atoms with Gasteiger partial charge in [0.15, 0.2) is 5.96 Å². The highest BCUT2D eigenvalue weighted by Gasteiger charge is 2.30. The van der Waals surface area contributed by atoms with Crippen molar-refractivity contribution in [2.45, 2.75) is 38.6 Å². The monoisotopic (exact) mass is 599 g/mol. The second kappa shape index (κ2) is 12.7. The Hall–Kier alpha value is -2.18. The third kappa shape index (κ3) is 7.40. The molecule has 0 spiro atoms. The van der Waals surface area contributed by atoms with Gasteiger partial charge in [0.25, 0.3) is 0 Å². The average Bonchev–Trinajstić information content (AvgIpc) is 2.87. The molecule has 1 heterocycles. The maximum atomic E-state index is 13.3. The van der Waals surface area contributed by atoms with Gasteiger partial charge in [-0.25, -0.2) is 9.38 Å². The molecule has 35 heavy (non-hydrogen) atoms. The Bertz CT molecular complexity index is 1100. The Kier molecular flexibility index (Phi) is 9.38. The summed E-state index contributed by atoms with van der Waals surface area (Å²) in [6.07, 6.45) is 3.07. The minimum atomic E-state index is -0.198. The zero-order valence-corrected chi connectivity index (χ0v) is 23.2. The Labute approximate surface area is 225 Å². The van der Waals surface area contributed by atoms with Crippen LogP contribution >= 0.6 is 31.9 Å². The van der Waals surface area contributed by atoms with Gasteiger partial charge in [-0.15, -0.1) is 0 Å². The van der Waals surface area contributed by atoms with Crippen LogP contribution in [-0.2, 0) is 13.0 Å². The second-order valence-corrected chi connectivity index (χ2v) is 11.0. The fraction of sp³-hybridized carbons (Fsp3) is 0.345. The summed E-state index contributed by atoms with van der Waals surface area (Å²) < 4.78 is 15.4. The fourth-order valence-corrected chi connectivity index (χ4v) is 6.27. The first-order valence-corrected chi connectivity index (χ1v) is 13.9. The molecule has 1 aliphatic heterocycles. The summed E-state index contributed by atoms with van der Waals surface area (Å²) in [4.78, 5) is 7.46. The molecule has 0 aromatic heterocycles. The molecule has 0 aliphatic carbocycles. The van der Waals surface area contributed by atoms with E-state index in [4.69, 9.17) is 4.99 Å². The van der Waals surface area contributed by atoms with E-state index in [-0.39, 0.29) is 5.82 Å². The van der Waals surface area contributed by atoms with Crippen molar-refractivity contribution in [3.63, 3.8) is 0 Å². The van der Waals surface area contributed by atoms with E-state index in [0.717, 1.165) is 64.9 Å². The van der Waals surface area contributed by atoms with Crippen molar-refractivity contribution in [3.05, 3.63) is 104 Å². The standard InChI is InChI=1S/C29H32Br2FN3/c1-2-23-20-35(15-13-28(23)24-6-4-3-5-7-24)29(33-14-12-21-8-10-27(32)11-9-21)34-19-22-16-25(30)18-26(31)17-22/h3-11,16-18,23,28H,2,12-15,19-20H2,1H3,(H,33,34). The lowest BCUT2D eigenvalue weighted by molar-refractivity contribution is 0.215. The molecule has 2 unspecified atom stereocenters. The first-order valence-electron chi connectivity index (χ1n) is 12.3. The number of likely N-dealkylation sites (tertiary alicyclic amines) is 1. The highest BCUT2D eigenvalue weighted by Crippen LogP contribution is 2.35. The van der Waals surface area contributed by atoms with E-state index in [0.29, 0.717) is 18.4 Å². The third-order valence-corrected chi connectivity index (χ3v) is 7.65. The number of benzene rings is 3. The maximum Gasteiger partial charge on any atom is 0.194 e. The van der Waals surface area contributed by atoms with Crippen molar-refractivity contribution in [3.8, 4) is 0 Å². The van der Waals surface area contributed by atoms with E-state index in [2.05, 4.69) is 91.5 Å². The van der Waals surface area contributed by atoms with Gasteiger partial charge in [-0.05, 0) is 71.7 Å². The smallest absolute Gasteiger partial charge is 0.194 e. The number of hydrogen-bond acceptors (Lipinski definition) is 1. The third-order valence-electron chi connectivity index (χ3n) is 6.73. The maximum absolute atomic E-state index is 13.3. The molecule has 6 heteroatoms. The van der Waals surface area contributed by atoms with Gasteiger partial charge in [-0.2, -0.15) is 0 Å². The van der Waals surface area contributed by atoms with Crippen molar-refractivity contribution in [1.29, 1.82) is 0 Å². The molecule has 3 aromatic rings. The number of hydrogen-bond donors (Lipinski definition) is 1. The van der Waals surface area contributed by atoms with Gasteiger partial charge in [-0.3, -0.25) is 0 Å². The summed E-state index contributed by atoms with van der Waals surface area (Å²) in [5.41, 5.74) is 3.71. The van der Waals surface area contributed by atoms with Gasteiger partial charge in [0, 0.05) is 28.6 Å². The zero-order valence-electron chi connectivity index (χ0n) is 20.1. The molecular formula is C29H32Br2FN3. The van der Waals surface area contributed by atoms with Crippen LogP contribution in [0, 0.1) is 11.7 Å². The van der Waals surface area contributed by atoms with Crippen molar-refractivity contribution < 1.29 is 4.39 Å². The van der Waals surface area contributed by atoms with Gasteiger partial charge in [0.2, 0.25) is 0 Å². The Morgan fingerprint density at radius 2 is 1.71 bits per heavy atom.